The van der Waals surface area contributed by atoms with Crippen LogP contribution in [0.25, 0.3) is 0 Å². The first-order chi connectivity index (χ1) is 13.7. The molecule has 2 aliphatic heterocycles. The van der Waals surface area contributed by atoms with Gasteiger partial charge in [-0.1, -0.05) is 36.4 Å². The van der Waals surface area contributed by atoms with Crippen LogP contribution < -0.4 is 9.80 Å². The molecular weight excluding hydrogens is 381 g/mol. The maximum Gasteiger partial charge on any atom is 0.416 e. The van der Waals surface area contributed by atoms with Crippen molar-refractivity contribution in [3.8, 4) is 0 Å². The Hall–Kier alpha value is -2.51. The molecule has 1 saturated heterocycles. The van der Waals surface area contributed by atoms with Gasteiger partial charge in [0.2, 0.25) is 0 Å². The minimum atomic E-state index is -4.56. The summed E-state index contributed by atoms with van der Waals surface area (Å²) in [6.07, 6.45) is -3.87. The number of carbonyl (C=O) groups excluding carboxylic acids is 2. The summed E-state index contributed by atoms with van der Waals surface area (Å²) < 4.78 is 39.6. The monoisotopic (exact) mass is 403 g/mol. The first kappa shape index (κ1) is 19.8. The predicted octanol–water partition coefficient (Wildman–Crippen LogP) is 3.57. The number of imide groups is 1. The molecule has 0 saturated carbocycles. The standard InChI is InChI=1S/C22H22F3N2O2/c1-27(19(28)14-15-6-2-3-7-16(15)22(23,24)25)18-9-5-4-8-17(18)21(20(27)29)10-12-26-13-11-21/h2-9,26H,10-14H2,1H3/q+1. The van der Waals surface area contributed by atoms with E-state index >= 15 is 0 Å². The number of rotatable bonds is 2. The molecule has 2 aromatic rings. The van der Waals surface area contributed by atoms with E-state index in [-0.39, 0.29) is 11.5 Å². The highest BCUT2D eigenvalue weighted by Crippen LogP contribution is 2.50. The Balaban J connectivity index is 1.77. The normalized spacial score (nSPS) is 23.2. The Morgan fingerprint density at radius 2 is 1.69 bits per heavy atom. The number of hydrogen-bond acceptors (Lipinski definition) is 3. The van der Waals surface area contributed by atoms with Gasteiger partial charge in [0.05, 0.1) is 19.0 Å². The molecule has 7 heteroatoms. The van der Waals surface area contributed by atoms with Crippen molar-refractivity contribution >= 4 is 17.5 Å². The number of likely N-dealkylation sites (N-methyl/N-ethyl adjacent to an activating group) is 1. The van der Waals surface area contributed by atoms with Gasteiger partial charge in [-0.25, -0.2) is 9.59 Å². The Bertz CT molecular complexity index is 980. The number of quaternary nitrogens is 1. The molecule has 2 heterocycles. The van der Waals surface area contributed by atoms with E-state index in [1.165, 1.54) is 25.2 Å². The summed E-state index contributed by atoms with van der Waals surface area (Å²) in [6, 6.07) is 12.3. The second-order valence-electron chi connectivity index (χ2n) is 7.89. The summed E-state index contributed by atoms with van der Waals surface area (Å²) in [5, 5.41) is 3.24. The largest absolute Gasteiger partial charge is 0.416 e. The summed E-state index contributed by atoms with van der Waals surface area (Å²) in [5.74, 6) is -0.788. The van der Waals surface area contributed by atoms with Crippen LogP contribution in [0.15, 0.2) is 48.5 Å². The highest BCUT2D eigenvalue weighted by molar-refractivity contribution is 6.17. The van der Waals surface area contributed by atoms with Crippen LogP contribution in [0.5, 0.6) is 0 Å². The van der Waals surface area contributed by atoms with Crippen molar-refractivity contribution in [2.24, 2.45) is 0 Å². The van der Waals surface area contributed by atoms with Crippen molar-refractivity contribution in [1.82, 2.24) is 9.80 Å². The van der Waals surface area contributed by atoms with Crippen LogP contribution in [0.2, 0.25) is 0 Å². The van der Waals surface area contributed by atoms with Crippen LogP contribution in [-0.2, 0) is 27.6 Å². The van der Waals surface area contributed by atoms with Gasteiger partial charge in [-0.3, -0.25) is 0 Å². The molecular formula is C22H22F3N2O2+. The van der Waals surface area contributed by atoms with E-state index in [9.17, 15) is 22.8 Å². The molecule has 0 bridgehead atoms. The lowest BCUT2D eigenvalue weighted by Gasteiger charge is -2.32. The van der Waals surface area contributed by atoms with Crippen molar-refractivity contribution in [1.29, 1.82) is 0 Å². The quantitative estimate of drug-likeness (QED) is 0.780. The van der Waals surface area contributed by atoms with Gasteiger partial charge < -0.3 is 5.32 Å². The van der Waals surface area contributed by atoms with Gasteiger partial charge in [-0.15, -0.1) is 0 Å². The minimum absolute atomic E-state index is 0.110. The fourth-order valence-corrected chi connectivity index (χ4v) is 4.78. The number of fused-ring (bicyclic) bond motifs is 2. The van der Waals surface area contributed by atoms with E-state index in [1.54, 1.807) is 12.1 Å². The number of nitrogens with zero attached hydrogens (tertiary/aromatic N) is 1. The van der Waals surface area contributed by atoms with Crippen LogP contribution in [0.3, 0.4) is 0 Å². The molecule has 152 valence electrons. The Labute approximate surface area is 166 Å². The first-order valence-electron chi connectivity index (χ1n) is 9.62. The number of benzene rings is 2. The maximum atomic E-state index is 13.7. The second-order valence-corrected chi connectivity index (χ2v) is 7.89. The lowest BCUT2D eigenvalue weighted by molar-refractivity contribution is -0.144. The van der Waals surface area contributed by atoms with Gasteiger partial charge in [-0.2, -0.15) is 17.7 Å². The van der Waals surface area contributed by atoms with Crippen LogP contribution in [-0.4, -0.2) is 32.0 Å². The number of halogens is 3. The van der Waals surface area contributed by atoms with Crippen LogP contribution in [0.4, 0.5) is 18.9 Å². The summed E-state index contributed by atoms with van der Waals surface area (Å²) in [5.41, 5.74) is -0.312. The highest BCUT2D eigenvalue weighted by atomic mass is 19.4. The summed E-state index contributed by atoms with van der Waals surface area (Å²) in [4.78, 5) is 27.1. The molecule has 2 amide bonds. The smallest absolute Gasteiger partial charge is 0.317 e. The lowest BCUT2D eigenvalue weighted by Crippen LogP contribution is -2.59. The average Bonchev–Trinajstić information content (AvgIpc) is 2.89. The number of piperidine rings is 1. The molecule has 4 nitrogen and oxygen atoms in total. The van der Waals surface area contributed by atoms with Gasteiger partial charge in [-0.05, 0) is 37.6 Å². The molecule has 1 unspecified atom stereocenters. The predicted molar refractivity (Wildman–Crippen MR) is 103 cm³/mol. The third kappa shape index (κ3) is 2.91. The fourth-order valence-electron chi connectivity index (χ4n) is 4.78. The molecule has 29 heavy (non-hydrogen) atoms. The van der Waals surface area contributed by atoms with Gasteiger partial charge in [0, 0.05) is 11.6 Å². The molecule has 0 aliphatic carbocycles. The van der Waals surface area contributed by atoms with E-state index in [2.05, 4.69) is 5.32 Å². The zero-order valence-corrected chi connectivity index (χ0v) is 16.1. The second kappa shape index (κ2) is 6.78. The molecule has 2 aliphatic rings. The summed E-state index contributed by atoms with van der Waals surface area (Å²) in [6.45, 7) is 1.32. The van der Waals surface area contributed by atoms with E-state index in [0.29, 0.717) is 31.6 Å². The average molecular weight is 403 g/mol. The molecule has 0 radical (unpaired) electrons. The number of carbonyl (C=O) groups is 2. The maximum absolute atomic E-state index is 13.7. The number of alkyl halides is 3. The van der Waals surface area contributed by atoms with Crippen molar-refractivity contribution in [2.75, 3.05) is 20.1 Å². The van der Waals surface area contributed by atoms with E-state index in [1.807, 2.05) is 12.1 Å². The van der Waals surface area contributed by atoms with Gasteiger partial charge in [0.1, 0.15) is 5.41 Å². The van der Waals surface area contributed by atoms with Crippen LogP contribution in [0.1, 0.15) is 29.5 Å². The third-order valence-corrected chi connectivity index (χ3v) is 6.34. The molecule has 1 spiro atoms. The SMILES string of the molecule is C[N+]1(C(=O)Cc2ccccc2C(F)(F)F)C(=O)C2(CCNCC2)c2ccccc21. The Morgan fingerprint density at radius 1 is 1.07 bits per heavy atom. The number of nitrogens with one attached hydrogen (secondary N) is 1. The molecule has 1 atom stereocenters. The molecule has 0 aromatic heterocycles. The number of amides is 2. The van der Waals surface area contributed by atoms with Gasteiger partial charge >= 0.3 is 18.0 Å². The highest BCUT2D eigenvalue weighted by Gasteiger charge is 2.63. The molecule has 2 aromatic carbocycles. The molecule has 4 rings (SSSR count). The van der Waals surface area contributed by atoms with Crippen molar-refractivity contribution < 1.29 is 22.8 Å². The van der Waals surface area contributed by atoms with Crippen LogP contribution >= 0.6 is 0 Å². The molecule has 1 fully saturated rings. The topological polar surface area (TPSA) is 46.2 Å². The van der Waals surface area contributed by atoms with Crippen LogP contribution in [0, 0.1) is 0 Å². The fraction of sp³-hybridized carbons (Fsp3) is 0.364. The molecule has 1 N–H and O–H groups in total. The van der Waals surface area contributed by atoms with E-state index in [0.717, 1.165) is 11.6 Å². The summed E-state index contributed by atoms with van der Waals surface area (Å²) >= 11 is 0. The zero-order valence-electron chi connectivity index (χ0n) is 16.1. The summed E-state index contributed by atoms with van der Waals surface area (Å²) in [7, 11) is 1.52. The van der Waals surface area contributed by atoms with Gasteiger partial charge in [0.15, 0.2) is 5.69 Å². The zero-order chi connectivity index (χ0) is 20.9. The van der Waals surface area contributed by atoms with E-state index in [4.69, 9.17) is 0 Å². The van der Waals surface area contributed by atoms with Crippen molar-refractivity contribution in [2.45, 2.75) is 30.9 Å². The van der Waals surface area contributed by atoms with E-state index < -0.39 is 34.0 Å². The minimum Gasteiger partial charge on any atom is -0.317 e. The number of para-hydroxylation sites is 1. The Morgan fingerprint density at radius 3 is 2.38 bits per heavy atom. The number of hydrogen-bond donors (Lipinski definition) is 1. The lowest BCUT2D eigenvalue weighted by atomic mass is 9.74. The first-order valence-corrected chi connectivity index (χ1v) is 9.62. The Kier molecular flexibility index (Phi) is 4.63. The van der Waals surface area contributed by atoms with Gasteiger partial charge in [0.25, 0.3) is 0 Å². The third-order valence-electron chi connectivity index (χ3n) is 6.34. The van der Waals surface area contributed by atoms with Crippen molar-refractivity contribution in [3.05, 3.63) is 65.2 Å². The van der Waals surface area contributed by atoms with Crippen molar-refractivity contribution in [3.63, 3.8) is 0 Å².